The third kappa shape index (κ3) is 3.39. The molecule has 0 aliphatic carbocycles. The number of oxazole rings is 1. The summed E-state index contributed by atoms with van der Waals surface area (Å²) < 4.78 is 18.5. The molecule has 1 aromatic heterocycles. The molecule has 1 heterocycles. The Bertz CT molecular complexity index is 482. The summed E-state index contributed by atoms with van der Waals surface area (Å²) in [5.41, 5.74) is 0.868. The van der Waals surface area contributed by atoms with Gasteiger partial charge in [0.2, 0.25) is 0 Å². The number of likely N-dealkylation sites (N-methyl/N-ethyl adjacent to an activating group) is 1. The Hall–Kier alpha value is -1.68. The summed E-state index contributed by atoms with van der Waals surface area (Å²) in [4.78, 5) is 4.18. The fourth-order valence-corrected chi connectivity index (χ4v) is 1.62. The highest BCUT2D eigenvalue weighted by molar-refractivity contribution is 5.19. The van der Waals surface area contributed by atoms with Crippen molar-refractivity contribution in [3.05, 3.63) is 53.5 Å². The maximum absolute atomic E-state index is 13.0. The lowest BCUT2D eigenvalue weighted by Gasteiger charge is -1.97. The Morgan fingerprint density at radius 3 is 3.06 bits per heavy atom. The van der Waals surface area contributed by atoms with Crippen molar-refractivity contribution in [2.45, 2.75) is 12.8 Å². The molecule has 0 aliphatic rings. The second-order valence-corrected chi connectivity index (χ2v) is 3.88. The summed E-state index contributed by atoms with van der Waals surface area (Å²) in [6.07, 6.45) is 3.07. The smallest absolute Gasteiger partial charge is 0.198 e. The maximum Gasteiger partial charge on any atom is 0.198 e. The van der Waals surface area contributed by atoms with E-state index in [1.807, 2.05) is 13.1 Å². The van der Waals surface area contributed by atoms with Crippen LogP contribution in [0.4, 0.5) is 4.39 Å². The average Bonchev–Trinajstić information content (AvgIpc) is 2.74. The van der Waals surface area contributed by atoms with Gasteiger partial charge < -0.3 is 9.73 Å². The summed E-state index contributed by atoms with van der Waals surface area (Å²) >= 11 is 0. The van der Waals surface area contributed by atoms with Crippen LogP contribution in [0.25, 0.3) is 0 Å². The van der Waals surface area contributed by atoms with Gasteiger partial charge in [-0.2, -0.15) is 0 Å². The lowest BCUT2D eigenvalue weighted by atomic mass is 10.1. The molecule has 0 amide bonds. The molecule has 0 atom stereocenters. The van der Waals surface area contributed by atoms with Gasteiger partial charge in [0, 0.05) is 19.4 Å². The Morgan fingerprint density at radius 2 is 2.29 bits per heavy atom. The normalized spacial score (nSPS) is 10.7. The van der Waals surface area contributed by atoms with Crippen molar-refractivity contribution < 1.29 is 8.81 Å². The van der Waals surface area contributed by atoms with Crippen molar-refractivity contribution in [2.75, 3.05) is 13.6 Å². The largest absolute Gasteiger partial charge is 0.445 e. The number of halogens is 1. The van der Waals surface area contributed by atoms with Gasteiger partial charge >= 0.3 is 0 Å². The second kappa shape index (κ2) is 5.59. The van der Waals surface area contributed by atoms with Crippen LogP contribution in [0.2, 0.25) is 0 Å². The third-order valence-corrected chi connectivity index (χ3v) is 2.47. The molecule has 90 valence electrons. The highest BCUT2D eigenvalue weighted by Gasteiger charge is 2.05. The molecule has 1 aromatic carbocycles. The Morgan fingerprint density at radius 1 is 1.41 bits per heavy atom. The van der Waals surface area contributed by atoms with Crippen LogP contribution in [-0.2, 0) is 12.8 Å². The van der Waals surface area contributed by atoms with Gasteiger partial charge in [-0.1, -0.05) is 12.1 Å². The minimum absolute atomic E-state index is 0.232. The Kier molecular flexibility index (Phi) is 3.88. The number of nitrogens with one attached hydrogen (secondary N) is 1. The SMILES string of the molecule is CNCCc1cnc(Cc2cccc(F)c2)o1. The summed E-state index contributed by atoms with van der Waals surface area (Å²) in [5, 5.41) is 3.05. The Labute approximate surface area is 99.7 Å². The molecule has 0 unspecified atom stereocenters. The number of nitrogens with zero attached hydrogens (tertiary/aromatic N) is 1. The zero-order valence-corrected chi connectivity index (χ0v) is 9.74. The molecular formula is C13H15FN2O. The van der Waals surface area contributed by atoms with E-state index < -0.39 is 0 Å². The lowest BCUT2D eigenvalue weighted by Crippen LogP contribution is -2.09. The first-order valence-electron chi connectivity index (χ1n) is 5.60. The minimum Gasteiger partial charge on any atom is -0.445 e. The van der Waals surface area contributed by atoms with E-state index in [1.54, 1.807) is 12.3 Å². The molecule has 0 fully saturated rings. The zero-order valence-electron chi connectivity index (χ0n) is 9.74. The van der Waals surface area contributed by atoms with Crippen LogP contribution in [0.3, 0.4) is 0 Å². The summed E-state index contributed by atoms with van der Waals surface area (Å²) in [6, 6.07) is 6.48. The van der Waals surface area contributed by atoms with Crippen LogP contribution in [0, 0.1) is 5.82 Å². The minimum atomic E-state index is -0.232. The fourth-order valence-electron chi connectivity index (χ4n) is 1.62. The summed E-state index contributed by atoms with van der Waals surface area (Å²) in [6.45, 7) is 0.856. The van der Waals surface area contributed by atoms with Crippen LogP contribution in [0.15, 0.2) is 34.9 Å². The van der Waals surface area contributed by atoms with Crippen LogP contribution < -0.4 is 5.32 Å². The monoisotopic (exact) mass is 234 g/mol. The van der Waals surface area contributed by atoms with E-state index in [-0.39, 0.29) is 5.82 Å². The maximum atomic E-state index is 13.0. The third-order valence-electron chi connectivity index (χ3n) is 2.47. The lowest BCUT2D eigenvalue weighted by molar-refractivity contribution is 0.460. The number of hydrogen-bond donors (Lipinski definition) is 1. The fraction of sp³-hybridized carbons (Fsp3) is 0.308. The Balaban J connectivity index is 2.01. The molecule has 0 radical (unpaired) electrons. The van der Waals surface area contributed by atoms with Crippen LogP contribution >= 0.6 is 0 Å². The van der Waals surface area contributed by atoms with Crippen molar-refractivity contribution in [1.82, 2.24) is 10.3 Å². The topological polar surface area (TPSA) is 38.1 Å². The molecule has 0 spiro atoms. The molecule has 0 saturated carbocycles. The van der Waals surface area contributed by atoms with Crippen molar-refractivity contribution in [3.8, 4) is 0 Å². The van der Waals surface area contributed by atoms with Crippen molar-refractivity contribution in [1.29, 1.82) is 0 Å². The second-order valence-electron chi connectivity index (χ2n) is 3.88. The molecule has 4 heteroatoms. The van der Waals surface area contributed by atoms with Gasteiger partial charge in [0.25, 0.3) is 0 Å². The molecule has 17 heavy (non-hydrogen) atoms. The van der Waals surface area contributed by atoms with Crippen molar-refractivity contribution in [3.63, 3.8) is 0 Å². The molecule has 0 saturated heterocycles. The average molecular weight is 234 g/mol. The number of benzene rings is 1. The summed E-state index contributed by atoms with van der Waals surface area (Å²) in [5.74, 6) is 1.25. The zero-order chi connectivity index (χ0) is 12.1. The van der Waals surface area contributed by atoms with Crippen LogP contribution in [0.1, 0.15) is 17.2 Å². The van der Waals surface area contributed by atoms with E-state index in [9.17, 15) is 4.39 Å². The van der Waals surface area contributed by atoms with Crippen molar-refractivity contribution >= 4 is 0 Å². The van der Waals surface area contributed by atoms with Gasteiger partial charge in [0.1, 0.15) is 11.6 Å². The highest BCUT2D eigenvalue weighted by Crippen LogP contribution is 2.11. The molecule has 0 aliphatic heterocycles. The van der Waals surface area contributed by atoms with E-state index in [0.29, 0.717) is 12.3 Å². The van der Waals surface area contributed by atoms with E-state index in [0.717, 1.165) is 24.3 Å². The van der Waals surface area contributed by atoms with Crippen molar-refractivity contribution in [2.24, 2.45) is 0 Å². The number of rotatable bonds is 5. The van der Waals surface area contributed by atoms with Gasteiger partial charge in [-0.05, 0) is 24.7 Å². The quantitative estimate of drug-likeness (QED) is 0.861. The molecule has 2 rings (SSSR count). The first-order valence-corrected chi connectivity index (χ1v) is 5.60. The van der Waals surface area contributed by atoms with Gasteiger partial charge in [-0.3, -0.25) is 0 Å². The van der Waals surface area contributed by atoms with E-state index in [4.69, 9.17) is 4.42 Å². The predicted octanol–water partition coefficient (Wildman–Crippen LogP) is 2.17. The number of hydrogen-bond acceptors (Lipinski definition) is 3. The molecule has 0 bridgehead atoms. The molecular weight excluding hydrogens is 219 g/mol. The molecule has 3 nitrogen and oxygen atoms in total. The van der Waals surface area contributed by atoms with E-state index in [1.165, 1.54) is 12.1 Å². The van der Waals surface area contributed by atoms with E-state index >= 15 is 0 Å². The first-order chi connectivity index (χ1) is 8.28. The standard InChI is InChI=1S/C13H15FN2O/c1-15-6-5-12-9-16-13(17-12)8-10-3-2-4-11(14)7-10/h2-4,7,9,15H,5-6,8H2,1H3. The van der Waals surface area contributed by atoms with Gasteiger partial charge in [-0.15, -0.1) is 0 Å². The summed E-state index contributed by atoms with van der Waals surface area (Å²) in [7, 11) is 1.89. The predicted molar refractivity (Wildman–Crippen MR) is 63.3 cm³/mol. The molecule has 1 N–H and O–H groups in total. The van der Waals surface area contributed by atoms with Gasteiger partial charge in [-0.25, -0.2) is 9.37 Å². The van der Waals surface area contributed by atoms with Gasteiger partial charge in [0.05, 0.1) is 6.20 Å². The van der Waals surface area contributed by atoms with E-state index in [2.05, 4.69) is 10.3 Å². The number of aromatic nitrogens is 1. The first kappa shape index (κ1) is 11.8. The van der Waals surface area contributed by atoms with Gasteiger partial charge in [0.15, 0.2) is 5.89 Å². The highest BCUT2D eigenvalue weighted by atomic mass is 19.1. The van der Waals surface area contributed by atoms with Crippen LogP contribution in [0.5, 0.6) is 0 Å². The molecule has 2 aromatic rings. The van der Waals surface area contributed by atoms with Crippen LogP contribution in [-0.4, -0.2) is 18.6 Å².